The van der Waals surface area contributed by atoms with Crippen molar-refractivity contribution >= 4 is 10.0 Å². The summed E-state index contributed by atoms with van der Waals surface area (Å²) in [6.07, 6.45) is -2.54. The first-order valence-electron chi connectivity index (χ1n) is 6.24. The molecule has 4 nitrogen and oxygen atoms in total. The van der Waals surface area contributed by atoms with Crippen LogP contribution in [0.2, 0.25) is 0 Å². The number of benzene rings is 1. The lowest BCUT2D eigenvalue weighted by Gasteiger charge is -2.17. The van der Waals surface area contributed by atoms with Gasteiger partial charge in [0.1, 0.15) is 0 Å². The molecule has 0 aliphatic heterocycles. The van der Waals surface area contributed by atoms with Crippen LogP contribution in [0.1, 0.15) is 17.5 Å². The minimum Gasteiger partial charge on any atom is -0.395 e. The van der Waals surface area contributed by atoms with Crippen LogP contribution in [0.25, 0.3) is 0 Å². The Balaban J connectivity index is 3.26. The number of aliphatic hydroxyl groups excluding tert-OH is 1. The summed E-state index contributed by atoms with van der Waals surface area (Å²) in [7, 11) is -2.93. The largest absolute Gasteiger partial charge is 0.395 e. The van der Waals surface area contributed by atoms with Gasteiger partial charge in [0.2, 0.25) is 10.0 Å². The third-order valence-corrected chi connectivity index (χ3v) is 4.56. The molecular formula is C14H17F2NO3S. The molecule has 1 aromatic carbocycles. The Labute approximate surface area is 123 Å². The van der Waals surface area contributed by atoms with Gasteiger partial charge in [0, 0.05) is 19.0 Å². The van der Waals surface area contributed by atoms with E-state index in [9.17, 15) is 17.2 Å². The topological polar surface area (TPSA) is 57.6 Å². The van der Waals surface area contributed by atoms with E-state index in [0.717, 1.165) is 12.6 Å². The molecule has 1 rings (SSSR count). The van der Waals surface area contributed by atoms with E-state index >= 15 is 0 Å². The number of hydrogen-bond donors (Lipinski definition) is 1. The summed E-state index contributed by atoms with van der Waals surface area (Å²) in [5.74, 6) is 5.31. The van der Waals surface area contributed by atoms with Crippen LogP contribution in [0.4, 0.5) is 8.78 Å². The van der Waals surface area contributed by atoms with Gasteiger partial charge in [-0.1, -0.05) is 17.9 Å². The number of aliphatic hydroxyl groups is 1. The Bertz CT molecular complexity index is 648. The molecule has 7 heteroatoms. The van der Waals surface area contributed by atoms with Gasteiger partial charge in [0.15, 0.2) is 0 Å². The average Bonchev–Trinajstić information content (AvgIpc) is 2.38. The SMILES string of the molecule is Cc1ccc(S(=O)(=O)N(C)CC(F)F)c(C#CCCO)c1. The highest BCUT2D eigenvalue weighted by molar-refractivity contribution is 7.89. The predicted octanol–water partition coefficient (Wildman–Crippen LogP) is 1.61. The number of hydrogen-bond acceptors (Lipinski definition) is 3. The molecule has 0 bridgehead atoms. The minimum absolute atomic E-state index is 0.110. The van der Waals surface area contributed by atoms with Gasteiger partial charge in [-0.2, -0.15) is 4.31 Å². The summed E-state index contributed by atoms with van der Waals surface area (Å²) in [6, 6.07) is 4.52. The van der Waals surface area contributed by atoms with Crippen molar-refractivity contribution < 1.29 is 22.3 Å². The van der Waals surface area contributed by atoms with Gasteiger partial charge in [-0.3, -0.25) is 0 Å². The van der Waals surface area contributed by atoms with Gasteiger partial charge in [0.25, 0.3) is 6.43 Å². The summed E-state index contributed by atoms with van der Waals surface area (Å²) in [4.78, 5) is -0.110. The number of aryl methyl sites for hydroxylation is 1. The average molecular weight is 317 g/mol. The van der Waals surface area contributed by atoms with Gasteiger partial charge in [-0.25, -0.2) is 17.2 Å². The Hall–Kier alpha value is -1.49. The molecule has 0 saturated heterocycles. The second kappa shape index (κ2) is 7.50. The molecule has 1 aromatic rings. The van der Waals surface area contributed by atoms with Crippen LogP contribution in [-0.2, 0) is 10.0 Å². The van der Waals surface area contributed by atoms with E-state index in [2.05, 4.69) is 11.8 Å². The molecule has 21 heavy (non-hydrogen) atoms. The van der Waals surface area contributed by atoms with Crippen LogP contribution in [-0.4, -0.2) is 44.5 Å². The van der Waals surface area contributed by atoms with E-state index in [0.29, 0.717) is 4.31 Å². The predicted molar refractivity (Wildman–Crippen MR) is 75.6 cm³/mol. The summed E-state index contributed by atoms with van der Waals surface area (Å²) >= 11 is 0. The van der Waals surface area contributed by atoms with Crippen LogP contribution in [0.3, 0.4) is 0 Å². The molecule has 0 saturated carbocycles. The van der Waals surface area contributed by atoms with Crippen molar-refractivity contribution in [1.29, 1.82) is 0 Å². The van der Waals surface area contributed by atoms with Crippen molar-refractivity contribution in [2.75, 3.05) is 20.2 Å². The Morgan fingerprint density at radius 1 is 1.38 bits per heavy atom. The highest BCUT2D eigenvalue weighted by Crippen LogP contribution is 2.21. The van der Waals surface area contributed by atoms with Gasteiger partial charge in [-0.15, -0.1) is 0 Å². The number of nitrogens with zero attached hydrogens (tertiary/aromatic N) is 1. The lowest BCUT2D eigenvalue weighted by atomic mass is 10.1. The zero-order valence-electron chi connectivity index (χ0n) is 11.8. The molecule has 0 fully saturated rings. The lowest BCUT2D eigenvalue weighted by Crippen LogP contribution is -2.31. The maximum atomic E-state index is 12.4. The third-order valence-electron chi connectivity index (χ3n) is 2.68. The molecular weight excluding hydrogens is 300 g/mol. The zero-order chi connectivity index (χ0) is 16.0. The molecule has 0 unspecified atom stereocenters. The zero-order valence-corrected chi connectivity index (χ0v) is 12.6. The minimum atomic E-state index is -4.03. The first-order valence-corrected chi connectivity index (χ1v) is 7.68. The van der Waals surface area contributed by atoms with E-state index in [1.165, 1.54) is 6.07 Å². The normalized spacial score (nSPS) is 11.6. The number of halogens is 2. The standard InChI is InChI=1S/C14H17F2NO3S/c1-11-6-7-13(12(9-11)5-3-4-8-18)21(19,20)17(2)10-14(15)16/h6-7,9,14,18H,4,8,10H2,1-2H3. The van der Waals surface area contributed by atoms with Crippen molar-refractivity contribution in [2.45, 2.75) is 24.7 Å². The lowest BCUT2D eigenvalue weighted by molar-refractivity contribution is 0.126. The first-order chi connectivity index (χ1) is 9.78. The summed E-state index contributed by atoms with van der Waals surface area (Å²) in [6.45, 7) is 0.766. The van der Waals surface area contributed by atoms with E-state index < -0.39 is 23.0 Å². The van der Waals surface area contributed by atoms with Crippen LogP contribution in [0.15, 0.2) is 23.1 Å². The fourth-order valence-electron chi connectivity index (χ4n) is 1.64. The molecule has 0 aliphatic carbocycles. The Morgan fingerprint density at radius 2 is 2.05 bits per heavy atom. The van der Waals surface area contributed by atoms with Gasteiger partial charge >= 0.3 is 0 Å². The molecule has 0 spiro atoms. The monoisotopic (exact) mass is 317 g/mol. The molecule has 0 aliphatic rings. The van der Waals surface area contributed by atoms with Gasteiger partial charge in [-0.05, 0) is 24.6 Å². The third kappa shape index (κ3) is 4.77. The second-order valence-corrected chi connectivity index (χ2v) is 6.46. The van der Waals surface area contributed by atoms with Crippen LogP contribution in [0.5, 0.6) is 0 Å². The van der Waals surface area contributed by atoms with E-state index in [1.54, 1.807) is 19.1 Å². The first kappa shape index (κ1) is 17.6. The number of sulfonamides is 1. The highest BCUT2D eigenvalue weighted by atomic mass is 32.2. The molecule has 0 radical (unpaired) electrons. The molecule has 0 atom stereocenters. The molecule has 0 heterocycles. The maximum Gasteiger partial charge on any atom is 0.252 e. The van der Waals surface area contributed by atoms with Crippen molar-refractivity contribution in [2.24, 2.45) is 0 Å². The summed E-state index contributed by atoms with van der Waals surface area (Å²) in [5, 5.41) is 8.70. The number of alkyl halides is 2. The van der Waals surface area contributed by atoms with Crippen molar-refractivity contribution in [1.82, 2.24) is 4.31 Å². The van der Waals surface area contributed by atoms with Crippen LogP contribution >= 0.6 is 0 Å². The fraction of sp³-hybridized carbons (Fsp3) is 0.429. The quantitative estimate of drug-likeness (QED) is 0.840. The number of rotatable bonds is 5. The summed E-state index contributed by atoms with van der Waals surface area (Å²) < 4.78 is 50.0. The van der Waals surface area contributed by atoms with Gasteiger partial charge in [0.05, 0.1) is 18.0 Å². The maximum absolute atomic E-state index is 12.4. The van der Waals surface area contributed by atoms with Crippen LogP contribution in [0, 0.1) is 18.8 Å². The Morgan fingerprint density at radius 3 is 2.62 bits per heavy atom. The fourth-order valence-corrected chi connectivity index (χ4v) is 2.91. The Kier molecular flexibility index (Phi) is 6.27. The van der Waals surface area contributed by atoms with Crippen molar-refractivity contribution in [3.63, 3.8) is 0 Å². The summed E-state index contributed by atoms with van der Waals surface area (Å²) in [5.41, 5.74) is 1.04. The highest BCUT2D eigenvalue weighted by Gasteiger charge is 2.25. The van der Waals surface area contributed by atoms with Crippen molar-refractivity contribution in [3.8, 4) is 11.8 Å². The van der Waals surface area contributed by atoms with E-state index in [-0.39, 0.29) is 23.5 Å². The molecule has 0 aromatic heterocycles. The van der Waals surface area contributed by atoms with Crippen molar-refractivity contribution in [3.05, 3.63) is 29.3 Å². The molecule has 116 valence electrons. The van der Waals surface area contributed by atoms with E-state index in [1.807, 2.05) is 0 Å². The molecule has 0 amide bonds. The van der Waals surface area contributed by atoms with Gasteiger partial charge < -0.3 is 5.11 Å². The van der Waals surface area contributed by atoms with Crippen LogP contribution < -0.4 is 0 Å². The second-order valence-electron chi connectivity index (χ2n) is 4.45. The smallest absolute Gasteiger partial charge is 0.252 e. The van der Waals surface area contributed by atoms with E-state index in [4.69, 9.17) is 5.11 Å². The molecule has 1 N–H and O–H groups in total.